The molecule has 0 aliphatic rings. The standard InChI is InChI=1S/C13H21N3O2/c1-16(2)13(18)12-10-11(6-8-15-12)14-7-4-3-5-9-17/h6,8,10,17H,3-5,7,9H2,1-2H3,(H,14,15). The Bertz CT molecular complexity index is 380. The first-order valence-corrected chi connectivity index (χ1v) is 6.17. The second kappa shape index (κ2) is 7.66. The molecule has 0 atom stereocenters. The topological polar surface area (TPSA) is 65.5 Å². The van der Waals surface area contributed by atoms with Crippen molar-refractivity contribution < 1.29 is 9.90 Å². The molecule has 0 aromatic carbocycles. The molecule has 1 aromatic heterocycles. The number of unbranched alkanes of at least 4 members (excludes halogenated alkanes) is 2. The van der Waals surface area contributed by atoms with E-state index in [0.29, 0.717) is 5.69 Å². The van der Waals surface area contributed by atoms with Gasteiger partial charge in [0.05, 0.1) is 0 Å². The zero-order valence-electron chi connectivity index (χ0n) is 11.0. The summed E-state index contributed by atoms with van der Waals surface area (Å²) in [6.45, 7) is 1.08. The van der Waals surface area contributed by atoms with Crippen molar-refractivity contribution in [1.29, 1.82) is 0 Å². The van der Waals surface area contributed by atoms with Crippen molar-refractivity contribution in [3.8, 4) is 0 Å². The number of nitrogens with one attached hydrogen (secondary N) is 1. The van der Waals surface area contributed by atoms with Crippen LogP contribution < -0.4 is 5.32 Å². The van der Waals surface area contributed by atoms with E-state index in [-0.39, 0.29) is 12.5 Å². The highest BCUT2D eigenvalue weighted by Crippen LogP contribution is 2.09. The van der Waals surface area contributed by atoms with E-state index in [9.17, 15) is 4.79 Å². The van der Waals surface area contributed by atoms with Crippen molar-refractivity contribution in [3.05, 3.63) is 24.0 Å². The lowest BCUT2D eigenvalue weighted by molar-refractivity contribution is 0.0822. The van der Waals surface area contributed by atoms with E-state index < -0.39 is 0 Å². The van der Waals surface area contributed by atoms with Crippen molar-refractivity contribution in [1.82, 2.24) is 9.88 Å². The predicted molar refractivity (Wildman–Crippen MR) is 71.7 cm³/mol. The summed E-state index contributed by atoms with van der Waals surface area (Å²) in [5, 5.41) is 11.9. The smallest absolute Gasteiger partial charge is 0.272 e. The molecule has 1 amide bonds. The summed E-state index contributed by atoms with van der Waals surface area (Å²) in [6.07, 6.45) is 4.47. The molecule has 1 rings (SSSR count). The van der Waals surface area contributed by atoms with E-state index in [1.807, 2.05) is 6.07 Å². The van der Waals surface area contributed by atoms with Crippen molar-refractivity contribution in [2.75, 3.05) is 32.6 Å². The average molecular weight is 251 g/mol. The quantitative estimate of drug-likeness (QED) is 0.718. The number of hydrogen-bond acceptors (Lipinski definition) is 4. The van der Waals surface area contributed by atoms with E-state index in [2.05, 4.69) is 10.3 Å². The van der Waals surface area contributed by atoms with Crippen molar-refractivity contribution in [2.45, 2.75) is 19.3 Å². The third-order valence-electron chi connectivity index (χ3n) is 2.55. The monoisotopic (exact) mass is 251 g/mol. The molecule has 0 saturated heterocycles. The lowest BCUT2D eigenvalue weighted by Crippen LogP contribution is -2.22. The van der Waals surface area contributed by atoms with Gasteiger partial charge in [-0.15, -0.1) is 0 Å². The number of hydrogen-bond donors (Lipinski definition) is 2. The second-order valence-electron chi connectivity index (χ2n) is 4.34. The van der Waals surface area contributed by atoms with Gasteiger partial charge in [0.15, 0.2) is 0 Å². The zero-order chi connectivity index (χ0) is 13.4. The van der Waals surface area contributed by atoms with E-state index in [4.69, 9.17) is 5.11 Å². The summed E-state index contributed by atoms with van der Waals surface area (Å²) >= 11 is 0. The van der Waals surface area contributed by atoms with Gasteiger partial charge in [0, 0.05) is 39.1 Å². The molecule has 0 unspecified atom stereocenters. The van der Waals surface area contributed by atoms with Gasteiger partial charge in [-0.2, -0.15) is 0 Å². The van der Waals surface area contributed by atoms with Gasteiger partial charge in [0.1, 0.15) is 5.69 Å². The number of aromatic nitrogens is 1. The lowest BCUT2D eigenvalue weighted by atomic mass is 10.2. The number of nitrogens with zero attached hydrogens (tertiary/aromatic N) is 2. The molecule has 0 aliphatic heterocycles. The maximum Gasteiger partial charge on any atom is 0.272 e. The van der Waals surface area contributed by atoms with E-state index in [1.54, 1.807) is 26.4 Å². The Morgan fingerprint density at radius 1 is 1.39 bits per heavy atom. The summed E-state index contributed by atoms with van der Waals surface area (Å²) in [5.41, 5.74) is 1.35. The summed E-state index contributed by atoms with van der Waals surface area (Å²) in [7, 11) is 3.41. The van der Waals surface area contributed by atoms with Gasteiger partial charge in [0.25, 0.3) is 5.91 Å². The molecule has 100 valence electrons. The molecule has 0 aliphatic carbocycles. The Morgan fingerprint density at radius 2 is 2.17 bits per heavy atom. The maximum atomic E-state index is 11.7. The van der Waals surface area contributed by atoms with Gasteiger partial charge in [-0.1, -0.05) is 0 Å². The number of pyridine rings is 1. The molecule has 5 nitrogen and oxygen atoms in total. The normalized spacial score (nSPS) is 10.2. The predicted octanol–water partition coefficient (Wildman–Crippen LogP) is 1.36. The van der Waals surface area contributed by atoms with Gasteiger partial charge in [0.2, 0.25) is 0 Å². The molecular formula is C13H21N3O2. The van der Waals surface area contributed by atoms with Crippen LogP contribution in [0.5, 0.6) is 0 Å². The summed E-state index contributed by atoms with van der Waals surface area (Å²) < 4.78 is 0. The van der Waals surface area contributed by atoms with Crippen molar-refractivity contribution in [2.24, 2.45) is 0 Å². The first-order valence-electron chi connectivity index (χ1n) is 6.17. The number of anilines is 1. The molecule has 5 heteroatoms. The Hall–Kier alpha value is -1.62. The number of aliphatic hydroxyl groups is 1. The molecule has 2 N–H and O–H groups in total. The van der Waals surface area contributed by atoms with Crippen LogP contribution in [-0.4, -0.2) is 48.1 Å². The van der Waals surface area contributed by atoms with Gasteiger partial charge in [-0.25, -0.2) is 0 Å². The number of carbonyl (C=O) groups is 1. The minimum atomic E-state index is -0.0982. The molecule has 0 bridgehead atoms. The number of amides is 1. The molecule has 0 radical (unpaired) electrons. The minimum Gasteiger partial charge on any atom is -0.396 e. The highest BCUT2D eigenvalue weighted by Gasteiger charge is 2.09. The third-order valence-corrected chi connectivity index (χ3v) is 2.55. The van der Waals surface area contributed by atoms with Gasteiger partial charge in [-0.3, -0.25) is 9.78 Å². The largest absolute Gasteiger partial charge is 0.396 e. The molecular weight excluding hydrogens is 230 g/mol. The summed E-state index contributed by atoms with van der Waals surface area (Å²) in [4.78, 5) is 17.3. The van der Waals surface area contributed by atoms with E-state index >= 15 is 0 Å². The molecule has 1 aromatic rings. The van der Waals surface area contributed by atoms with Crippen LogP contribution in [0, 0.1) is 0 Å². The van der Waals surface area contributed by atoms with Crippen molar-refractivity contribution in [3.63, 3.8) is 0 Å². The fourth-order valence-electron chi connectivity index (χ4n) is 1.53. The Kier molecular flexibility index (Phi) is 6.14. The Morgan fingerprint density at radius 3 is 2.83 bits per heavy atom. The van der Waals surface area contributed by atoms with Crippen LogP contribution in [0.25, 0.3) is 0 Å². The average Bonchev–Trinajstić information content (AvgIpc) is 2.38. The minimum absolute atomic E-state index is 0.0982. The molecule has 0 fully saturated rings. The third kappa shape index (κ3) is 4.71. The number of aliphatic hydroxyl groups excluding tert-OH is 1. The van der Waals surface area contributed by atoms with Crippen LogP contribution in [0.15, 0.2) is 18.3 Å². The highest BCUT2D eigenvalue weighted by atomic mass is 16.2. The van der Waals surface area contributed by atoms with Gasteiger partial charge >= 0.3 is 0 Å². The molecule has 0 saturated carbocycles. The second-order valence-corrected chi connectivity index (χ2v) is 4.34. The van der Waals surface area contributed by atoms with Crippen LogP contribution in [0.2, 0.25) is 0 Å². The fraction of sp³-hybridized carbons (Fsp3) is 0.538. The maximum absolute atomic E-state index is 11.7. The van der Waals surface area contributed by atoms with Crippen LogP contribution in [0.3, 0.4) is 0 Å². The zero-order valence-corrected chi connectivity index (χ0v) is 11.0. The van der Waals surface area contributed by atoms with E-state index in [1.165, 1.54) is 4.90 Å². The van der Waals surface area contributed by atoms with Gasteiger partial charge in [-0.05, 0) is 31.4 Å². The highest BCUT2D eigenvalue weighted by molar-refractivity contribution is 5.92. The summed E-state index contributed by atoms with van der Waals surface area (Å²) in [5.74, 6) is -0.0982. The number of rotatable bonds is 7. The lowest BCUT2D eigenvalue weighted by Gasteiger charge is -2.11. The first kappa shape index (κ1) is 14.4. The molecule has 0 spiro atoms. The molecule has 1 heterocycles. The van der Waals surface area contributed by atoms with E-state index in [0.717, 1.165) is 31.5 Å². The fourth-order valence-corrected chi connectivity index (χ4v) is 1.53. The van der Waals surface area contributed by atoms with Crippen LogP contribution in [0.4, 0.5) is 5.69 Å². The molecule has 18 heavy (non-hydrogen) atoms. The summed E-state index contributed by atoms with van der Waals surface area (Å²) in [6, 6.07) is 3.60. The Balaban J connectivity index is 2.47. The van der Waals surface area contributed by atoms with Gasteiger partial charge < -0.3 is 15.3 Å². The SMILES string of the molecule is CN(C)C(=O)c1cc(NCCCCCO)ccn1. The van der Waals surface area contributed by atoms with Crippen LogP contribution in [0.1, 0.15) is 29.8 Å². The van der Waals surface area contributed by atoms with Crippen LogP contribution in [-0.2, 0) is 0 Å². The van der Waals surface area contributed by atoms with Crippen molar-refractivity contribution >= 4 is 11.6 Å². The first-order chi connectivity index (χ1) is 8.65. The number of carbonyl (C=O) groups excluding carboxylic acids is 1. The van der Waals surface area contributed by atoms with Crippen LogP contribution >= 0.6 is 0 Å². The Labute approximate surface area is 108 Å².